The Balaban J connectivity index is 2.17. The second-order valence-electron chi connectivity index (χ2n) is 5.18. The molecule has 0 saturated heterocycles. The molecular formula is C19H12BrCl2NO2. The van der Waals surface area contributed by atoms with Crippen molar-refractivity contribution in [1.82, 2.24) is 4.98 Å². The van der Waals surface area contributed by atoms with Crippen LogP contribution in [-0.2, 0) is 0 Å². The number of hydrogen-bond donors (Lipinski definition) is 0. The van der Waals surface area contributed by atoms with Crippen LogP contribution in [0.3, 0.4) is 0 Å². The van der Waals surface area contributed by atoms with Crippen molar-refractivity contribution in [2.75, 3.05) is 7.11 Å². The van der Waals surface area contributed by atoms with Crippen molar-refractivity contribution in [3.05, 3.63) is 68.6 Å². The van der Waals surface area contributed by atoms with Crippen LogP contribution in [0.4, 0.5) is 0 Å². The lowest BCUT2D eigenvalue weighted by Gasteiger charge is -2.12. The van der Waals surface area contributed by atoms with E-state index in [-0.39, 0.29) is 5.88 Å². The Morgan fingerprint density at radius 3 is 2.28 bits per heavy atom. The van der Waals surface area contributed by atoms with Gasteiger partial charge in [0.25, 0.3) is 0 Å². The summed E-state index contributed by atoms with van der Waals surface area (Å²) in [4.78, 5) is 15.4. The largest absolute Gasteiger partial charge is 0.480 e. The molecular weight excluding hydrogens is 425 g/mol. The molecule has 1 heterocycles. The molecule has 0 amide bonds. The standard InChI is InChI=1S/C19H12BrCl2NO2/c1-25-19-11(10-24)8-9-16(23-19)14-6-2-4-12(17(14)21)13-5-3-7-15(20)18(13)22/h2-10H,1H3. The smallest absolute Gasteiger partial charge is 0.224 e. The van der Waals surface area contributed by atoms with E-state index in [0.29, 0.717) is 27.6 Å². The molecule has 0 radical (unpaired) electrons. The third kappa shape index (κ3) is 3.43. The van der Waals surface area contributed by atoms with Crippen LogP contribution in [0.2, 0.25) is 10.0 Å². The highest BCUT2D eigenvalue weighted by Gasteiger charge is 2.15. The Morgan fingerprint density at radius 2 is 1.60 bits per heavy atom. The number of aldehydes is 1. The van der Waals surface area contributed by atoms with E-state index in [4.69, 9.17) is 27.9 Å². The quantitative estimate of drug-likeness (QED) is 0.450. The van der Waals surface area contributed by atoms with Crippen molar-refractivity contribution in [3.8, 4) is 28.3 Å². The Hall–Kier alpha value is -1.88. The SMILES string of the molecule is COc1nc(-c2cccc(-c3cccc(Br)c3Cl)c2Cl)ccc1C=O. The maximum Gasteiger partial charge on any atom is 0.224 e. The Bertz CT molecular complexity index is 960. The maximum absolute atomic E-state index is 11.0. The third-order valence-corrected chi connectivity index (χ3v) is 5.43. The highest BCUT2D eigenvalue weighted by molar-refractivity contribution is 9.10. The Kier molecular flexibility index (Phi) is 5.42. The fraction of sp³-hybridized carbons (Fsp3) is 0.0526. The summed E-state index contributed by atoms with van der Waals surface area (Å²) in [6.45, 7) is 0. The average molecular weight is 437 g/mol. The maximum atomic E-state index is 11.0. The van der Waals surface area contributed by atoms with Crippen LogP contribution >= 0.6 is 39.1 Å². The van der Waals surface area contributed by atoms with Crippen LogP contribution in [0.15, 0.2) is 53.0 Å². The number of benzene rings is 2. The third-order valence-electron chi connectivity index (χ3n) is 3.73. The molecule has 1 aromatic heterocycles. The van der Waals surface area contributed by atoms with E-state index in [9.17, 15) is 4.79 Å². The molecule has 0 bridgehead atoms. The molecule has 2 aromatic carbocycles. The second-order valence-corrected chi connectivity index (χ2v) is 6.79. The first-order valence-electron chi connectivity index (χ1n) is 7.30. The van der Waals surface area contributed by atoms with Gasteiger partial charge in [-0.1, -0.05) is 53.5 Å². The fourth-order valence-corrected chi connectivity index (χ4v) is 3.42. The lowest BCUT2D eigenvalue weighted by Crippen LogP contribution is -1.96. The number of aromatic nitrogens is 1. The summed E-state index contributed by atoms with van der Waals surface area (Å²) in [6.07, 6.45) is 0.703. The van der Waals surface area contributed by atoms with Gasteiger partial charge in [0, 0.05) is 21.2 Å². The fourth-order valence-electron chi connectivity index (χ4n) is 2.50. The van der Waals surface area contributed by atoms with Gasteiger partial charge in [-0.3, -0.25) is 4.79 Å². The first-order valence-corrected chi connectivity index (χ1v) is 8.85. The number of nitrogens with zero attached hydrogens (tertiary/aromatic N) is 1. The molecule has 0 aliphatic rings. The Morgan fingerprint density at radius 1 is 0.960 bits per heavy atom. The summed E-state index contributed by atoms with van der Waals surface area (Å²) in [5, 5.41) is 1.11. The van der Waals surface area contributed by atoms with Gasteiger partial charge in [0.2, 0.25) is 5.88 Å². The van der Waals surface area contributed by atoms with E-state index < -0.39 is 0 Å². The second kappa shape index (κ2) is 7.56. The van der Waals surface area contributed by atoms with Gasteiger partial charge in [-0.05, 0) is 34.1 Å². The number of pyridine rings is 1. The van der Waals surface area contributed by atoms with E-state index in [2.05, 4.69) is 20.9 Å². The van der Waals surface area contributed by atoms with Crippen LogP contribution in [0, 0.1) is 0 Å². The van der Waals surface area contributed by atoms with Crippen LogP contribution in [0.1, 0.15) is 10.4 Å². The predicted octanol–water partition coefficient (Wildman–Crippen LogP) is 6.31. The van der Waals surface area contributed by atoms with E-state index in [1.807, 2.05) is 36.4 Å². The summed E-state index contributed by atoms with van der Waals surface area (Å²) >= 11 is 16.5. The topological polar surface area (TPSA) is 39.2 Å². The highest BCUT2D eigenvalue weighted by Crippen LogP contribution is 2.41. The molecule has 0 unspecified atom stereocenters. The van der Waals surface area contributed by atoms with Crippen LogP contribution < -0.4 is 4.74 Å². The molecule has 0 atom stereocenters. The van der Waals surface area contributed by atoms with Gasteiger partial charge in [-0.2, -0.15) is 0 Å². The molecule has 25 heavy (non-hydrogen) atoms. The minimum absolute atomic E-state index is 0.259. The summed E-state index contributed by atoms with van der Waals surface area (Å²) in [5.41, 5.74) is 3.34. The van der Waals surface area contributed by atoms with Gasteiger partial charge in [-0.15, -0.1) is 0 Å². The zero-order valence-corrected chi connectivity index (χ0v) is 16.2. The first-order chi connectivity index (χ1) is 12.1. The molecule has 0 aliphatic heterocycles. The van der Waals surface area contributed by atoms with Crippen molar-refractivity contribution < 1.29 is 9.53 Å². The minimum atomic E-state index is 0.259. The first kappa shape index (κ1) is 17.9. The summed E-state index contributed by atoms with van der Waals surface area (Å²) in [6, 6.07) is 14.7. The highest BCUT2D eigenvalue weighted by atomic mass is 79.9. The lowest BCUT2D eigenvalue weighted by atomic mass is 10.0. The molecule has 0 N–H and O–H groups in total. The predicted molar refractivity (Wildman–Crippen MR) is 105 cm³/mol. The van der Waals surface area contributed by atoms with E-state index >= 15 is 0 Å². The van der Waals surface area contributed by atoms with E-state index in [1.165, 1.54) is 7.11 Å². The van der Waals surface area contributed by atoms with Gasteiger partial charge in [0.05, 0.1) is 28.4 Å². The number of carbonyl (C=O) groups is 1. The van der Waals surface area contributed by atoms with Crippen molar-refractivity contribution in [1.29, 1.82) is 0 Å². The molecule has 3 aromatic rings. The normalized spacial score (nSPS) is 10.6. The Labute approximate surface area is 163 Å². The lowest BCUT2D eigenvalue weighted by molar-refractivity contribution is 0.112. The number of hydrogen-bond acceptors (Lipinski definition) is 3. The molecule has 0 fully saturated rings. The summed E-state index contributed by atoms with van der Waals surface area (Å²) < 4.78 is 5.97. The summed E-state index contributed by atoms with van der Waals surface area (Å²) in [7, 11) is 1.47. The minimum Gasteiger partial charge on any atom is -0.480 e. The number of methoxy groups -OCH3 is 1. The molecule has 6 heteroatoms. The number of halogens is 3. The van der Waals surface area contributed by atoms with Crippen molar-refractivity contribution in [2.24, 2.45) is 0 Å². The van der Waals surface area contributed by atoms with Gasteiger partial charge < -0.3 is 4.74 Å². The van der Waals surface area contributed by atoms with Gasteiger partial charge >= 0.3 is 0 Å². The molecule has 0 saturated carbocycles. The number of ether oxygens (including phenoxy) is 1. The van der Waals surface area contributed by atoms with Crippen LogP contribution in [-0.4, -0.2) is 18.4 Å². The molecule has 126 valence electrons. The van der Waals surface area contributed by atoms with Crippen molar-refractivity contribution >= 4 is 45.4 Å². The van der Waals surface area contributed by atoms with Gasteiger partial charge in [0.15, 0.2) is 6.29 Å². The van der Waals surface area contributed by atoms with Crippen LogP contribution in [0.25, 0.3) is 22.4 Å². The zero-order chi connectivity index (χ0) is 18.0. The summed E-state index contributed by atoms with van der Waals surface area (Å²) in [5.74, 6) is 0.259. The van der Waals surface area contributed by atoms with Gasteiger partial charge in [0.1, 0.15) is 0 Å². The number of carbonyl (C=O) groups excluding carboxylic acids is 1. The molecule has 3 nitrogen and oxygen atoms in total. The van der Waals surface area contributed by atoms with Crippen LogP contribution in [0.5, 0.6) is 5.88 Å². The molecule has 0 aliphatic carbocycles. The monoisotopic (exact) mass is 435 g/mol. The van der Waals surface area contributed by atoms with E-state index in [1.54, 1.807) is 12.1 Å². The van der Waals surface area contributed by atoms with E-state index in [0.717, 1.165) is 21.2 Å². The van der Waals surface area contributed by atoms with Crippen molar-refractivity contribution in [2.45, 2.75) is 0 Å². The zero-order valence-electron chi connectivity index (χ0n) is 13.1. The van der Waals surface area contributed by atoms with Gasteiger partial charge in [-0.25, -0.2) is 4.98 Å². The average Bonchev–Trinajstić information content (AvgIpc) is 2.64. The number of rotatable bonds is 4. The van der Waals surface area contributed by atoms with Crippen molar-refractivity contribution in [3.63, 3.8) is 0 Å². The molecule has 3 rings (SSSR count). The molecule has 0 spiro atoms.